The zero-order valence-electron chi connectivity index (χ0n) is 11.4. The fourth-order valence-corrected chi connectivity index (χ4v) is 2.84. The normalized spacial score (nSPS) is 17.1. The van der Waals surface area contributed by atoms with Gasteiger partial charge in [0.1, 0.15) is 5.82 Å². The molecule has 1 aromatic carbocycles. The minimum atomic E-state index is -0.165. The van der Waals surface area contributed by atoms with Crippen LogP contribution in [0, 0.1) is 5.82 Å². The molecule has 0 aromatic heterocycles. The third-order valence-corrected chi connectivity index (χ3v) is 4.01. The molecular weight excluding hydrogens is 261 g/mol. The van der Waals surface area contributed by atoms with Crippen molar-refractivity contribution in [1.82, 2.24) is 5.32 Å². The zero-order valence-corrected chi connectivity index (χ0v) is 12.1. The molecule has 0 aliphatic heterocycles. The number of nitrogens with one attached hydrogen (secondary N) is 1. The van der Waals surface area contributed by atoms with Gasteiger partial charge in [-0.2, -0.15) is 0 Å². The molecule has 19 heavy (non-hydrogen) atoms. The van der Waals surface area contributed by atoms with E-state index in [9.17, 15) is 4.39 Å². The molecule has 0 radical (unpaired) electrons. The lowest BCUT2D eigenvalue weighted by atomic mass is 9.92. The van der Waals surface area contributed by atoms with Crippen molar-refractivity contribution in [2.75, 3.05) is 7.05 Å². The average molecular weight is 282 g/mol. The van der Waals surface area contributed by atoms with Gasteiger partial charge in [0.25, 0.3) is 0 Å². The maximum Gasteiger partial charge on any atom is 0.126 e. The van der Waals surface area contributed by atoms with Crippen molar-refractivity contribution >= 4 is 11.6 Å². The van der Waals surface area contributed by atoms with E-state index in [0.29, 0.717) is 17.0 Å². The molecule has 3 heteroatoms. The van der Waals surface area contributed by atoms with Crippen LogP contribution in [0.5, 0.6) is 0 Å². The largest absolute Gasteiger partial charge is 0.316 e. The van der Waals surface area contributed by atoms with Crippen molar-refractivity contribution in [1.29, 1.82) is 0 Å². The molecule has 0 heterocycles. The first-order chi connectivity index (χ1) is 9.19. The predicted octanol–water partition coefficient (Wildman–Crippen LogP) is 4.50. The van der Waals surface area contributed by atoms with Gasteiger partial charge in [0, 0.05) is 11.1 Å². The Labute approximate surface area is 119 Å². The average Bonchev–Trinajstić information content (AvgIpc) is 2.43. The molecule has 1 aliphatic carbocycles. The molecule has 1 aromatic rings. The summed E-state index contributed by atoms with van der Waals surface area (Å²) in [6.45, 7) is 0. The standard InChI is InChI=1S/C16H21ClFN/c1-19-15(9-12-5-3-2-4-6-12)11-13-10-14(17)7-8-16(13)18/h5,7-8,10,15,19H,2-4,6,9,11H2,1H3. The van der Waals surface area contributed by atoms with E-state index in [1.807, 2.05) is 7.05 Å². The van der Waals surface area contributed by atoms with E-state index in [1.54, 1.807) is 12.1 Å². The van der Waals surface area contributed by atoms with Gasteiger partial charge in [-0.25, -0.2) is 4.39 Å². The molecule has 1 unspecified atom stereocenters. The van der Waals surface area contributed by atoms with Gasteiger partial charge in [-0.05, 0) is 69.3 Å². The van der Waals surface area contributed by atoms with Crippen LogP contribution in [-0.4, -0.2) is 13.1 Å². The Morgan fingerprint density at radius 3 is 2.84 bits per heavy atom. The topological polar surface area (TPSA) is 12.0 Å². The third kappa shape index (κ3) is 4.32. The molecule has 0 amide bonds. The van der Waals surface area contributed by atoms with Gasteiger partial charge in [0.2, 0.25) is 0 Å². The smallest absolute Gasteiger partial charge is 0.126 e. The minimum Gasteiger partial charge on any atom is -0.316 e. The summed E-state index contributed by atoms with van der Waals surface area (Å²) in [7, 11) is 1.94. The van der Waals surface area contributed by atoms with Crippen LogP contribution >= 0.6 is 11.6 Å². The first-order valence-corrected chi connectivity index (χ1v) is 7.36. The summed E-state index contributed by atoms with van der Waals surface area (Å²) < 4.78 is 13.7. The highest BCUT2D eigenvalue weighted by atomic mass is 35.5. The Kier molecular flexibility index (Phi) is 5.41. The van der Waals surface area contributed by atoms with Crippen molar-refractivity contribution in [2.24, 2.45) is 0 Å². The van der Waals surface area contributed by atoms with Crippen molar-refractivity contribution in [3.05, 3.63) is 46.3 Å². The first kappa shape index (κ1) is 14.5. The lowest BCUT2D eigenvalue weighted by Gasteiger charge is -2.20. The van der Waals surface area contributed by atoms with Gasteiger partial charge in [0.15, 0.2) is 0 Å². The summed E-state index contributed by atoms with van der Waals surface area (Å²) >= 11 is 5.94. The highest BCUT2D eigenvalue weighted by Crippen LogP contribution is 2.23. The molecule has 1 aliphatic rings. The SMILES string of the molecule is CNC(CC1=CCCCC1)Cc1cc(Cl)ccc1F. The second-order valence-electron chi connectivity index (χ2n) is 5.24. The quantitative estimate of drug-likeness (QED) is 0.784. The lowest BCUT2D eigenvalue weighted by molar-refractivity contribution is 0.516. The van der Waals surface area contributed by atoms with Crippen LogP contribution < -0.4 is 5.32 Å². The Bertz CT molecular complexity index is 456. The van der Waals surface area contributed by atoms with Crippen LogP contribution in [0.2, 0.25) is 5.02 Å². The number of likely N-dealkylation sites (N-methyl/N-ethyl adjacent to an activating group) is 1. The Balaban J connectivity index is 2.02. The molecular formula is C16H21ClFN. The summed E-state index contributed by atoms with van der Waals surface area (Å²) in [4.78, 5) is 0. The second-order valence-corrected chi connectivity index (χ2v) is 5.67. The van der Waals surface area contributed by atoms with Gasteiger partial charge >= 0.3 is 0 Å². The maximum absolute atomic E-state index is 13.7. The monoisotopic (exact) mass is 281 g/mol. The van der Waals surface area contributed by atoms with Gasteiger partial charge < -0.3 is 5.32 Å². The number of allylic oxidation sites excluding steroid dienone is 1. The first-order valence-electron chi connectivity index (χ1n) is 6.98. The number of rotatable bonds is 5. The van der Waals surface area contributed by atoms with Gasteiger partial charge in [0.05, 0.1) is 0 Å². The molecule has 0 fully saturated rings. The highest BCUT2D eigenvalue weighted by Gasteiger charge is 2.14. The van der Waals surface area contributed by atoms with E-state index in [0.717, 1.165) is 6.42 Å². The van der Waals surface area contributed by atoms with Crippen LogP contribution in [0.1, 0.15) is 37.7 Å². The van der Waals surface area contributed by atoms with Gasteiger partial charge in [-0.3, -0.25) is 0 Å². The Morgan fingerprint density at radius 2 is 2.16 bits per heavy atom. The van der Waals surface area contributed by atoms with E-state index < -0.39 is 0 Å². The fraction of sp³-hybridized carbons (Fsp3) is 0.500. The Hall–Kier alpha value is -0.860. The third-order valence-electron chi connectivity index (χ3n) is 3.78. The van der Waals surface area contributed by atoms with E-state index in [1.165, 1.54) is 37.3 Å². The van der Waals surface area contributed by atoms with Crippen molar-refractivity contribution in [3.8, 4) is 0 Å². The number of benzene rings is 1. The van der Waals surface area contributed by atoms with E-state index in [2.05, 4.69) is 11.4 Å². The molecule has 104 valence electrons. The van der Waals surface area contributed by atoms with Crippen molar-refractivity contribution < 1.29 is 4.39 Å². The number of hydrogen-bond donors (Lipinski definition) is 1. The molecule has 2 rings (SSSR count). The second kappa shape index (κ2) is 7.06. The predicted molar refractivity (Wildman–Crippen MR) is 79.1 cm³/mol. The molecule has 1 atom stereocenters. The summed E-state index contributed by atoms with van der Waals surface area (Å²) in [5.74, 6) is -0.165. The van der Waals surface area contributed by atoms with E-state index in [4.69, 9.17) is 11.6 Å². The zero-order chi connectivity index (χ0) is 13.7. The molecule has 0 bridgehead atoms. The van der Waals surface area contributed by atoms with Crippen LogP contribution in [0.4, 0.5) is 4.39 Å². The number of hydrogen-bond acceptors (Lipinski definition) is 1. The fourth-order valence-electron chi connectivity index (χ4n) is 2.65. The van der Waals surface area contributed by atoms with Gasteiger partial charge in [-0.15, -0.1) is 0 Å². The van der Waals surface area contributed by atoms with E-state index >= 15 is 0 Å². The summed E-state index contributed by atoms with van der Waals surface area (Å²) in [6, 6.07) is 5.05. The van der Waals surface area contributed by atoms with Crippen molar-refractivity contribution in [2.45, 2.75) is 44.6 Å². The summed E-state index contributed by atoms with van der Waals surface area (Å²) in [5, 5.41) is 3.89. The van der Waals surface area contributed by atoms with Crippen LogP contribution in [0.15, 0.2) is 29.8 Å². The number of halogens is 2. The van der Waals surface area contributed by atoms with Gasteiger partial charge in [-0.1, -0.05) is 23.3 Å². The van der Waals surface area contributed by atoms with E-state index in [-0.39, 0.29) is 11.9 Å². The lowest BCUT2D eigenvalue weighted by Crippen LogP contribution is -2.28. The minimum absolute atomic E-state index is 0.165. The molecule has 1 nitrogen and oxygen atoms in total. The molecule has 1 N–H and O–H groups in total. The molecule has 0 saturated carbocycles. The maximum atomic E-state index is 13.7. The van der Waals surface area contributed by atoms with Crippen LogP contribution in [-0.2, 0) is 6.42 Å². The summed E-state index contributed by atoms with van der Waals surface area (Å²) in [5.41, 5.74) is 2.20. The highest BCUT2D eigenvalue weighted by molar-refractivity contribution is 6.30. The molecule has 0 spiro atoms. The Morgan fingerprint density at radius 1 is 1.32 bits per heavy atom. The van der Waals surface area contributed by atoms with Crippen LogP contribution in [0.3, 0.4) is 0 Å². The molecule has 0 saturated heterocycles. The van der Waals surface area contributed by atoms with Crippen LogP contribution in [0.25, 0.3) is 0 Å². The summed E-state index contributed by atoms with van der Waals surface area (Å²) in [6.07, 6.45) is 9.00. The van der Waals surface area contributed by atoms with Crippen molar-refractivity contribution in [3.63, 3.8) is 0 Å².